The smallest absolute Gasteiger partial charge is 0.0246 e. The van der Waals surface area contributed by atoms with E-state index in [0.717, 1.165) is 0 Å². The van der Waals surface area contributed by atoms with Gasteiger partial charge in [-0.2, -0.15) is 0 Å². The number of rotatable bonds is 12. The van der Waals surface area contributed by atoms with Crippen LogP contribution in [0.5, 0.6) is 0 Å². The number of likely N-dealkylation sites (N-methyl/N-ethyl adjacent to an activating group) is 1. The lowest BCUT2D eigenvalue weighted by molar-refractivity contribution is 0.145. The zero-order valence-corrected chi connectivity index (χ0v) is 13.5. The highest BCUT2D eigenvalue weighted by atomic mass is 15.2. The molecule has 0 saturated heterocycles. The number of nitrogens with one attached hydrogen (secondary N) is 1. The highest BCUT2D eigenvalue weighted by molar-refractivity contribution is 4.82. The zero-order chi connectivity index (χ0) is 13.8. The third-order valence-corrected chi connectivity index (χ3v) is 3.92. The van der Waals surface area contributed by atoms with E-state index in [-0.39, 0.29) is 0 Å². The predicted molar refractivity (Wildman–Crippen MR) is 83.2 cm³/mol. The summed E-state index contributed by atoms with van der Waals surface area (Å²) in [6.07, 6.45) is 9.11. The first kappa shape index (κ1) is 17.9. The van der Waals surface area contributed by atoms with Gasteiger partial charge in [0, 0.05) is 12.1 Å². The molecule has 0 aromatic heterocycles. The van der Waals surface area contributed by atoms with Crippen LogP contribution in [0, 0.1) is 0 Å². The highest BCUT2D eigenvalue weighted by Crippen LogP contribution is 2.15. The minimum Gasteiger partial charge on any atom is -0.315 e. The Hall–Kier alpha value is -0.0800. The van der Waals surface area contributed by atoms with Gasteiger partial charge < -0.3 is 5.32 Å². The van der Waals surface area contributed by atoms with Gasteiger partial charge in [-0.15, -0.1) is 0 Å². The van der Waals surface area contributed by atoms with Crippen molar-refractivity contribution in [2.24, 2.45) is 0 Å². The van der Waals surface area contributed by atoms with Gasteiger partial charge in [-0.05, 0) is 45.8 Å². The van der Waals surface area contributed by atoms with Crippen molar-refractivity contribution in [1.29, 1.82) is 0 Å². The lowest BCUT2D eigenvalue weighted by atomic mass is 9.98. The summed E-state index contributed by atoms with van der Waals surface area (Å²) in [4.78, 5) is 2.74. The van der Waals surface area contributed by atoms with Crippen LogP contribution in [0.4, 0.5) is 0 Å². The Labute approximate surface area is 116 Å². The molecule has 0 aliphatic rings. The maximum Gasteiger partial charge on any atom is 0.0246 e. The van der Waals surface area contributed by atoms with Gasteiger partial charge in [0.2, 0.25) is 0 Å². The molecule has 0 aliphatic heterocycles. The first-order valence-electron chi connectivity index (χ1n) is 8.16. The molecule has 0 radical (unpaired) electrons. The third-order valence-electron chi connectivity index (χ3n) is 3.92. The van der Waals surface area contributed by atoms with E-state index in [1.54, 1.807) is 0 Å². The molecular formula is C16H36N2. The lowest BCUT2D eigenvalue weighted by Gasteiger charge is -2.37. The summed E-state index contributed by atoms with van der Waals surface area (Å²) in [7, 11) is 2.13. The molecule has 0 rings (SSSR count). The molecule has 0 amide bonds. The zero-order valence-electron chi connectivity index (χ0n) is 13.5. The second-order valence-electron chi connectivity index (χ2n) is 5.40. The van der Waals surface area contributed by atoms with E-state index in [0.29, 0.717) is 12.1 Å². The molecule has 2 atom stereocenters. The van der Waals surface area contributed by atoms with Crippen molar-refractivity contribution in [3.05, 3.63) is 0 Å². The summed E-state index contributed by atoms with van der Waals surface area (Å²) in [5.41, 5.74) is 0. The lowest BCUT2D eigenvalue weighted by Crippen LogP contribution is -2.49. The molecule has 0 aromatic rings. The molecule has 0 fully saturated rings. The summed E-state index contributed by atoms with van der Waals surface area (Å²) in [6, 6.07) is 1.38. The fourth-order valence-corrected chi connectivity index (χ4v) is 2.80. The molecule has 0 aromatic carbocycles. The molecule has 0 aliphatic carbocycles. The molecule has 2 nitrogen and oxygen atoms in total. The van der Waals surface area contributed by atoms with E-state index in [4.69, 9.17) is 0 Å². The van der Waals surface area contributed by atoms with E-state index >= 15 is 0 Å². The number of hydrogen-bond acceptors (Lipinski definition) is 2. The van der Waals surface area contributed by atoms with E-state index in [2.05, 4.69) is 45.0 Å². The topological polar surface area (TPSA) is 15.3 Å². The molecule has 110 valence electrons. The van der Waals surface area contributed by atoms with Crippen LogP contribution in [0.25, 0.3) is 0 Å². The SMILES string of the molecule is CCCCN(CCCC)C(CC)C(CCC)NC. The highest BCUT2D eigenvalue weighted by Gasteiger charge is 2.23. The molecule has 2 heteroatoms. The van der Waals surface area contributed by atoms with Crippen molar-refractivity contribution in [3.8, 4) is 0 Å². The first-order valence-corrected chi connectivity index (χ1v) is 8.16. The Bertz CT molecular complexity index is 162. The average molecular weight is 256 g/mol. The normalized spacial score (nSPS) is 15.0. The van der Waals surface area contributed by atoms with Gasteiger partial charge in [0.25, 0.3) is 0 Å². The molecule has 0 heterocycles. The molecule has 2 unspecified atom stereocenters. The minimum absolute atomic E-state index is 0.661. The summed E-state index contributed by atoms with van der Waals surface area (Å²) >= 11 is 0. The van der Waals surface area contributed by atoms with E-state index in [1.807, 2.05) is 0 Å². The molecule has 0 spiro atoms. The summed E-state index contributed by atoms with van der Waals surface area (Å²) < 4.78 is 0. The number of nitrogens with zero attached hydrogens (tertiary/aromatic N) is 1. The fourth-order valence-electron chi connectivity index (χ4n) is 2.80. The Balaban J connectivity index is 4.53. The van der Waals surface area contributed by atoms with Crippen molar-refractivity contribution in [3.63, 3.8) is 0 Å². The molecule has 0 bridgehead atoms. The van der Waals surface area contributed by atoms with Gasteiger partial charge in [-0.1, -0.05) is 47.0 Å². The van der Waals surface area contributed by atoms with Crippen LogP contribution >= 0.6 is 0 Å². The monoisotopic (exact) mass is 256 g/mol. The van der Waals surface area contributed by atoms with Gasteiger partial charge in [0.05, 0.1) is 0 Å². The number of unbranched alkanes of at least 4 members (excludes halogenated alkanes) is 2. The largest absolute Gasteiger partial charge is 0.315 e. The van der Waals surface area contributed by atoms with E-state index in [9.17, 15) is 0 Å². The van der Waals surface area contributed by atoms with Crippen LogP contribution < -0.4 is 5.32 Å². The van der Waals surface area contributed by atoms with Crippen LogP contribution in [-0.4, -0.2) is 37.1 Å². The summed E-state index contributed by atoms with van der Waals surface area (Å²) in [5.74, 6) is 0. The van der Waals surface area contributed by atoms with Crippen molar-refractivity contribution in [2.45, 2.75) is 84.7 Å². The Morgan fingerprint density at radius 2 is 1.44 bits per heavy atom. The minimum atomic E-state index is 0.661. The van der Waals surface area contributed by atoms with Gasteiger partial charge in [-0.25, -0.2) is 0 Å². The van der Waals surface area contributed by atoms with Crippen LogP contribution in [0.1, 0.15) is 72.6 Å². The standard InChI is InChI=1S/C16H36N2/c1-6-10-13-18(14-11-7-2)16(9-4)15(17-5)12-8-3/h15-17H,6-14H2,1-5H3. The molecule has 18 heavy (non-hydrogen) atoms. The Kier molecular flexibility index (Phi) is 11.9. The van der Waals surface area contributed by atoms with Gasteiger partial charge >= 0.3 is 0 Å². The Morgan fingerprint density at radius 3 is 1.78 bits per heavy atom. The van der Waals surface area contributed by atoms with Crippen LogP contribution in [0.2, 0.25) is 0 Å². The average Bonchev–Trinajstić information content (AvgIpc) is 2.40. The van der Waals surface area contributed by atoms with Crippen LogP contribution in [-0.2, 0) is 0 Å². The van der Waals surface area contributed by atoms with Crippen LogP contribution in [0.3, 0.4) is 0 Å². The van der Waals surface area contributed by atoms with Crippen molar-refractivity contribution in [1.82, 2.24) is 10.2 Å². The van der Waals surface area contributed by atoms with Gasteiger partial charge in [-0.3, -0.25) is 4.90 Å². The maximum absolute atomic E-state index is 3.55. The fraction of sp³-hybridized carbons (Fsp3) is 1.00. The second kappa shape index (κ2) is 12.0. The number of hydrogen-bond donors (Lipinski definition) is 1. The maximum atomic E-state index is 3.55. The van der Waals surface area contributed by atoms with Crippen LogP contribution in [0.15, 0.2) is 0 Å². The summed E-state index contributed by atoms with van der Waals surface area (Å²) in [6.45, 7) is 11.8. The predicted octanol–water partition coefficient (Wildman–Crippen LogP) is 4.06. The van der Waals surface area contributed by atoms with Gasteiger partial charge in [0.1, 0.15) is 0 Å². The summed E-state index contributed by atoms with van der Waals surface area (Å²) in [5, 5.41) is 3.55. The molecule has 0 saturated carbocycles. The van der Waals surface area contributed by atoms with Gasteiger partial charge in [0.15, 0.2) is 0 Å². The first-order chi connectivity index (χ1) is 8.74. The van der Waals surface area contributed by atoms with Crippen molar-refractivity contribution < 1.29 is 0 Å². The van der Waals surface area contributed by atoms with E-state index in [1.165, 1.54) is 58.0 Å². The third kappa shape index (κ3) is 6.75. The second-order valence-corrected chi connectivity index (χ2v) is 5.40. The Morgan fingerprint density at radius 1 is 0.889 bits per heavy atom. The van der Waals surface area contributed by atoms with E-state index < -0.39 is 0 Å². The molecular weight excluding hydrogens is 220 g/mol. The quantitative estimate of drug-likeness (QED) is 0.566. The molecule has 1 N–H and O–H groups in total. The van der Waals surface area contributed by atoms with Crippen molar-refractivity contribution >= 4 is 0 Å². The van der Waals surface area contributed by atoms with Crippen molar-refractivity contribution in [2.75, 3.05) is 20.1 Å².